The third-order valence-electron chi connectivity index (χ3n) is 8.23. The fourth-order valence-electron chi connectivity index (χ4n) is 5.65. The van der Waals surface area contributed by atoms with Gasteiger partial charge in [-0.05, 0) is 67.9 Å². The summed E-state index contributed by atoms with van der Waals surface area (Å²) in [4.78, 5) is 58.4. The molecule has 0 aliphatic carbocycles. The second-order valence-electron chi connectivity index (χ2n) is 12.3. The zero-order chi connectivity index (χ0) is 33.1. The Morgan fingerprint density at radius 3 is 2.63 bits per heavy atom. The molecular formula is C34H46N6O5S. The van der Waals surface area contributed by atoms with Gasteiger partial charge in [0, 0.05) is 43.6 Å². The van der Waals surface area contributed by atoms with Crippen LogP contribution in [0.5, 0.6) is 0 Å². The smallest absolute Gasteiger partial charge is 0.305 e. The quantitative estimate of drug-likeness (QED) is 0.110. The summed E-state index contributed by atoms with van der Waals surface area (Å²) in [5, 5.41) is 18.8. The van der Waals surface area contributed by atoms with Gasteiger partial charge in [-0.2, -0.15) is 0 Å². The van der Waals surface area contributed by atoms with Crippen molar-refractivity contribution in [3.63, 3.8) is 0 Å². The number of rotatable bonds is 18. The summed E-state index contributed by atoms with van der Waals surface area (Å²) in [6, 6.07) is 6.93. The molecule has 0 spiro atoms. The number of carboxylic acids is 1. The molecule has 0 radical (unpaired) electrons. The number of unbranched alkanes of at least 4 members (excludes halogenated alkanes) is 3. The summed E-state index contributed by atoms with van der Waals surface area (Å²) < 4.78 is 0.663. The van der Waals surface area contributed by atoms with E-state index in [1.807, 2.05) is 13.8 Å². The van der Waals surface area contributed by atoms with E-state index in [-0.39, 0.29) is 35.5 Å². The zero-order valence-corrected chi connectivity index (χ0v) is 27.6. The van der Waals surface area contributed by atoms with Crippen molar-refractivity contribution in [2.75, 3.05) is 17.2 Å². The lowest BCUT2D eigenvalue weighted by atomic mass is 9.99. The first kappa shape index (κ1) is 35.0. The molecule has 11 nitrogen and oxygen atoms in total. The predicted molar refractivity (Wildman–Crippen MR) is 181 cm³/mol. The number of nitrogens with zero attached hydrogens (tertiary/aromatic N) is 2. The summed E-state index contributed by atoms with van der Waals surface area (Å²) in [6.45, 7) is 5.10. The minimum absolute atomic E-state index is 0.0509. The van der Waals surface area contributed by atoms with E-state index in [1.54, 1.807) is 18.2 Å². The number of aromatic nitrogens is 2. The number of benzene rings is 1. The van der Waals surface area contributed by atoms with Crippen molar-refractivity contribution >= 4 is 56.6 Å². The van der Waals surface area contributed by atoms with E-state index in [2.05, 4.69) is 27.0 Å². The van der Waals surface area contributed by atoms with Crippen LogP contribution in [0.3, 0.4) is 0 Å². The highest BCUT2D eigenvalue weighted by Gasteiger charge is 2.21. The van der Waals surface area contributed by atoms with Crippen LogP contribution in [0.1, 0.15) is 105 Å². The van der Waals surface area contributed by atoms with Gasteiger partial charge in [0.15, 0.2) is 5.01 Å². The van der Waals surface area contributed by atoms with Crippen LogP contribution in [0.2, 0.25) is 0 Å². The first-order chi connectivity index (χ1) is 22.1. The van der Waals surface area contributed by atoms with Crippen LogP contribution in [-0.4, -0.2) is 51.2 Å². The van der Waals surface area contributed by atoms with Gasteiger partial charge in [-0.3, -0.25) is 19.2 Å². The minimum Gasteiger partial charge on any atom is -0.481 e. The molecule has 0 bridgehead atoms. The number of carboxylic acid groups (broad SMARTS) is 1. The van der Waals surface area contributed by atoms with Crippen molar-refractivity contribution in [3.8, 4) is 0 Å². The highest BCUT2D eigenvalue weighted by Crippen LogP contribution is 2.30. The van der Waals surface area contributed by atoms with E-state index in [0.717, 1.165) is 79.9 Å². The predicted octanol–water partition coefficient (Wildman–Crippen LogP) is 5.61. The molecule has 12 heteroatoms. The Bertz CT molecular complexity index is 1540. The molecule has 0 fully saturated rings. The monoisotopic (exact) mass is 650 g/mol. The maximum atomic E-state index is 13.2. The van der Waals surface area contributed by atoms with Gasteiger partial charge in [0.1, 0.15) is 11.6 Å². The van der Waals surface area contributed by atoms with Crippen LogP contribution >= 0.6 is 11.3 Å². The summed E-state index contributed by atoms with van der Waals surface area (Å²) in [5.74, 6) is -0.557. The molecule has 0 saturated carbocycles. The topological polar surface area (TPSA) is 176 Å². The SMILES string of the molecule is CC(C)C(=O)CCCC(=O)Nc1cccc2nc(C(=O)N[C@@H](CCCCCCc3nc4c(cc3CN)CCCN4)CC(=O)O)sc12. The number of hydrogen-bond acceptors (Lipinski definition) is 9. The maximum absolute atomic E-state index is 13.2. The molecule has 4 rings (SSSR count). The summed E-state index contributed by atoms with van der Waals surface area (Å²) in [5.41, 5.74) is 10.5. The average Bonchev–Trinajstić information content (AvgIpc) is 3.47. The highest BCUT2D eigenvalue weighted by molar-refractivity contribution is 7.21. The average molecular weight is 651 g/mol. The number of aryl methyl sites for hydroxylation is 2. The van der Waals surface area contributed by atoms with Crippen LogP contribution in [0.15, 0.2) is 24.3 Å². The zero-order valence-electron chi connectivity index (χ0n) is 26.8. The lowest BCUT2D eigenvalue weighted by Crippen LogP contribution is -2.36. The molecule has 3 heterocycles. The van der Waals surface area contributed by atoms with Gasteiger partial charge in [0.05, 0.1) is 22.3 Å². The van der Waals surface area contributed by atoms with E-state index in [1.165, 1.54) is 5.56 Å². The lowest BCUT2D eigenvalue weighted by Gasteiger charge is -2.20. The van der Waals surface area contributed by atoms with E-state index < -0.39 is 17.9 Å². The number of thiazole rings is 1. The Kier molecular flexibility index (Phi) is 13.0. The molecule has 6 N–H and O–H groups in total. The molecule has 46 heavy (non-hydrogen) atoms. The number of ketones is 1. The number of Topliss-reactive ketones (excluding diaryl/α,β-unsaturated/α-hetero) is 1. The number of hydrogen-bond donors (Lipinski definition) is 5. The molecular weight excluding hydrogens is 604 g/mol. The lowest BCUT2D eigenvalue weighted by molar-refractivity contribution is -0.137. The molecule has 1 aliphatic heterocycles. The molecule has 0 saturated heterocycles. The minimum atomic E-state index is -0.976. The number of anilines is 2. The number of nitrogens with two attached hydrogens (primary N) is 1. The van der Waals surface area contributed by atoms with Crippen LogP contribution < -0.4 is 21.7 Å². The number of nitrogens with one attached hydrogen (secondary N) is 3. The highest BCUT2D eigenvalue weighted by atomic mass is 32.1. The number of carbonyl (C=O) groups excluding carboxylic acids is 3. The summed E-state index contributed by atoms with van der Waals surface area (Å²) in [7, 11) is 0. The third-order valence-corrected chi connectivity index (χ3v) is 9.34. The fourth-order valence-corrected chi connectivity index (χ4v) is 6.59. The van der Waals surface area contributed by atoms with Gasteiger partial charge in [0.2, 0.25) is 5.91 Å². The van der Waals surface area contributed by atoms with E-state index in [0.29, 0.717) is 41.7 Å². The van der Waals surface area contributed by atoms with E-state index in [9.17, 15) is 24.3 Å². The summed E-state index contributed by atoms with van der Waals surface area (Å²) >= 11 is 1.15. The van der Waals surface area contributed by atoms with Gasteiger partial charge < -0.3 is 26.8 Å². The van der Waals surface area contributed by atoms with Crippen molar-refractivity contribution in [2.24, 2.45) is 11.7 Å². The van der Waals surface area contributed by atoms with Crippen molar-refractivity contribution in [3.05, 3.63) is 46.1 Å². The molecule has 248 valence electrons. The van der Waals surface area contributed by atoms with Gasteiger partial charge in [-0.15, -0.1) is 11.3 Å². The van der Waals surface area contributed by atoms with Crippen molar-refractivity contribution in [1.82, 2.24) is 15.3 Å². The summed E-state index contributed by atoms with van der Waals surface area (Å²) in [6.07, 6.45) is 7.98. The Morgan fingerprint density at radius 2 is 1.87 bits per heavy atom. The Hall–Kier alpha value is -3.90. The number of aliphatic carboxylic acids is 1. The van der Waals surface area contributed by atoms with Crippen molar-refractivity contribution in [2.45, 2.75) is 103 Å². The Labute approximate surface area is 274 Å². The first-order valence-corrected chi connectivity index (χ1v) is 17.2. The number of amides is 2. The van der Waals surface area contributed by atoms with Gasteiger partial charge in [-0.25, -0.2) is 9.97 Å². The Morgan fingerprint density at radius 1 is 1.07 bits per heavy atom. The normalized spacial score (nSPS) is 13.2. The number of pyridine rings is 1. The van der Waals surface area contributed by atoms with Crippen LogP contribution in [0.25, 0.3) is 10.2 Å². The van der Waals surface area contributed by atoms with Gasteiger partial charge in [0.25, 0.3) is 5.91 Å². The van der Waals surface area contributed by atoms with Gasteiger partial charge >= 0.3 is 5.97 Å². The van der Waals surface area contributed by atoms with E-state index in [4.69, 9.17) is 10.7 Å². The Balaban J connectivity index is 1.27. The third kappa shape index (κ3) is 10.1. The molecule has 3 aromatic rings. The molecule has 1 atom stereocenters. The van der Waals surface area contributed by atoms with Crippen molar-refractivity contribution in [1.29, 1.82) is 0 Å². The van der Waals surface area contributed by atoms with Crippen LogP contribution in [-0.2, 0) is 33.8 Å². The molecule has 1 aromatic carbocycles. The van der Waals surface area contributed by atoms with Crippen LogP contribution in [0, 0.1) is 5.92 Å². The second-order valence-corrected chi connectivity index (χ2v) is 13.3. The number of fused-ring (bicyclic) bond motifs is 2. The van der Waals surface area contributed by atoms with Gasteiger partial charge in [-0.1, -0.05) is 39.2 Å². The molecule has 2 amide bonds. The van der Waals surface area contributed by atoms with Crippen LogP contribution in [0.4, 0.5) is 11.5 Å². The maximum Gasteiger partial charge on any atom is 0.305 e. The van der Waals surface area contributed by atoms with Crippen molar-refractivity contribution < 1.29 is 24.3 Å². The molecule has 2 aromatic heterocycles. The second kappa shape index (κ2) is 17.1. The molecule has 1 aliphatic rings. The first-order valence-electron chi connectivity index (χ1n) is 16.3. The fraction of sp³-hybridized carbons (Fsp3) is 0.529. The number of carbonyl (C=O) groups is 4. The largest absolute Gasteiger partial charge is 0.481 e. The molecule has 0 unspecified atom stereocenters. The standard InChI is InChI=1S/C34H46N6O5S/c1-21(2)28(41)15-8-16-29(42)38-26-13-7-14-27-31(26)46-34(40-27)33(45)37-24(19-30(43)44)11-5-3-4-6-12-25-23(20-35)18-22-10-9-17-36-32(22)39-25/h7,13-14,18,21,24H,3-6,8-12,15-17,19-20,35H2,1-2H3,(H,36,39)(H,37,45)(H,38,42)(H,43,44)/t24-/m0/s1. The van der Waals surface area contributed by atoms with E-state index >= 15 is 0 Å².